The summed E-state index contributed by atoms with van der Waals surface area (Å²) in [6, 6.07) is 6.48. The molecule has 1 heterocycles. The van der Waals surface area contributed by atoms with Gasteiger partial charge < -0.3 is 15.4 Å². The molecule has 0 aliphatic heterocycles. The first-order valence-corrected chi connectivity index (χ1v) is 10.0. The van der Waals surface area contributed by atoms with Crippen LogP contribution in [-0.4, -0.2) is 18.2 Å². The molecular weight excluding hydrogens is 364 g/mol. The molecule has 1 aromatic heterocycles. The first-order valence-electron chi connectivity index (χ1n) is 8.78. The Balaban J connectivity index is 1.75. The van der Waals surface area contributed by atoms with Gasteiger partial charge in [-0.05, 0) is 68.9 Å². The van der Waals surface area contributed by atoms with Crippen molar-refractivity contribution in [3.05, 3.63) is 50.9 Å². The van der Waals surface area contributed by atoms with E-state index in [0.29, 0.717) is 10.7 Å². The van der Waals surface area contributed by atoms with Crippen molar-refractivity contribution in [3.8, 4) is 0 Å². The number of hydrogen-bond acceptors (Lipinski definition) is 4. The minimum Gasteiger partial charge on any atom is -0.465 e. The Bertz CT molecular complexity index is 858. The average molecular weight is 389 g/mol. The molecule has 0 saturated carbocycles. The number of thiophene rings is 1. The zero-order valence-corrected chi connectivity index (χ0v) is 17.2. The molecule has 0 radical (unpaired) electrons. The highest BCUT2D eigenvalue weighted by molar-refractivity contribution is 7.80. The zero-order chi connectivity index (χ0) is 18.8. The number of aryl methyl sites for hydroxylation is 3. The lowest BCUT2D eigenvalue weighted by Gasteiger charge is -2.19. The van der Waals surface area contributed by atoms with Gasteiger partial charge in [-0.2, -0.15) is 0 Å². The van der Waals surface area contributed by atoms with Crippen LogP contribution in [0.2, 0.25) is 0 Å². The summed E-state index contributed by atoms with van der Waals surface area (Å²) in [7, 11) is 1.42. The number of esters is 1. The van der Waals surface area contributed by atoms with E-state index in [1.807, 2.05) is 0 Å². The van der Waals surface area contributed by atoms with Gasteiger partial charge in [0.25, 0.3) is 0 Å². The van der Waals surface area contributed by atoms with Gasteiger partial charge in [-0.25, -0.2) is 4.79 Å². The van der Waals surface area contributed by atoms with Crippen molar-refractivity contribution in [1.29, 1.82) is 0 Å². The third-order valence-electron chi connectivity index (χ3n) is 4.78. The molecule has 0 spiro atoms. The number of thiocarbonyl (C=S) groups is 1. The summed E-state index contributed by atoms with van der Waals surface area (Å²) < 4.78 is 4.98. The summed E-state index contributed by atoms with van der Waals surface area (Å²) in [6.07, 6.45) is 3.04. The molecule has 1 aromatic carbocycles. The number of nitrogens with one attached hydrogen (secondary N) is 2. The summed E-state index contributed by atoms with van der Waals surface area (Å²) in [5, 5.41) is 7.85. The summed E-state index contributed by atoms with van der Waals surface area (Å²) in [5.41, 5.74) is 5.46. The second kappa shape index (κ2) is 7.76. The number of carbonyl (C=O) groups is 1. The van der Waals surface area contributed by atoms with E-state index in [9.17, 15) is 4.79 Å². The van der Waals surface area contributed by atoms with Crippen molar-refractivity contribution < 1.29 is 9.53 Å². The van der Waals surface area contributed by atoms with E-state index in [2.05, 4.69) is 49.6 Å². The van der Waals surface area contributed by atoms with Crippen molar-refractivity contribution in [2.24, 2.45) is 0 Å². The summed E-state index contributed by atoms with van der Waals surface area (Å²) >= 11 is 7.11. The van der Waals surface area contributed by atoms with Crippen molar-refractivity contribution in [2.45, 2.75) is 46.1 Å². The van der Waals surface area contributed by atoms with Crippen molar-refractivity contribution >= 4 is 39.6 Å². The molecule has 6 heteroatoms. The van der Waals surface area contributed by atoms with E-state index in [-0.39, 0.29) is 12.0 Å². The Kier molecular flexibility index (Phi) is 5.63. The standard InChI is InChI=1S/C20H24N2O2S2/c1-11-8-9-14(12(2)10-11)13(3)21-20(25)22-18-17(19(23)24-4)15-6-5-7-16(15)26-18/h8-10,13H,5-7H2,1-4H3,(H2,21,22,25). The molecule has 0 amide bonds. The van der Waals surface area contributed by atoms with Gasteiger partial charge in [-0.15, -0.1) is 11.3 Å². The summed E-state index contributed by atoms with van der Waals surface area (Å²) in [5.74, 6) is -0.294. The number of methoxy groups -OCH3 is 1. The second-order valence-corrected chi connectivity index (χ2v) is 8.25. The van der Waals surface area contributed by atoms with E-state index in [4.69, 9.17) is 17.0 Å². The molecule has 26 heavy (non-hydrogen) atoms. The van der Waals surface area contributed by atoms with Crippen LogP contribution in [0, 0.1) is 13.8 Å². The fourth-order valence-electron chi connectivity index (χ4n) is 3.54. The normalized spacial score (nSPS) is 13.8. The van der Waals surface area contributed by atoms with Crippen molar-refractivity contribution in [1.82, 2.24) is 5.32 Å². The summed E-state index contributed by atoms with van der Waals surface area (Å²) in [4.78, 5) is 13.5. The maximum absolute atomic E-state index is 12.2. The quantitative estimate of drug-likeness (QED) is 0.588. The number of ether oxygens (including phenoxy) is 1. The highest BCUT2D eigenvalue weighted by atomic mass is 32.1. The van der Waals surface area contributed by atoms with E-state index in [1.165, 1.54) is 28.7 Å². The van der Waals surface area contributed by atoms with Crippen LogP contribution in [-0.2, 0) is 17.6 Å². The molecule has 1 aliphatic carbocycles. The van der Waals surface area contributed by atoms with Crippen molar-refractivity contribution in [3.63, 3.8) is 0 Å². The van der Waals surface area contributed by atoms with Crippen molar-refractivity contribution in [2.75, 3.05) is 12.4 Å². The highest BCUT2D eigenvalue weighted by Gasteiger charge is 2.27. The predicted octanol–water partition coefficient (Wildman–Crippen LogP) is 4.69. The molecule has 0 saturated heterocycles. The molecule has 2 aromatic rings. The maximum atomic E-state index is 12.2. The number of anilines is 1. The monoisotopic (exact) mass is 388 g/mol. The number of fused-ring (bicyclic) bond motifs is 1. The molecule has 4 nitrogen and oxygen atoms in total. The van der Waals surface area contributed by atoms with Crippen LogP contribution in [0.4, 0.5) is 5.00 Å². The van der Waals surface area contributed by atoms with Crippen LogP contribution in [0.3, 0.4) is 0 Å². The highest BCUT2D eigenvalue weighted by Crippen LogP contribution is 2.39. The van der Waals surface area contributed by atoms with E-state index in [1.54, 1.807) is 11.3 Å². The van der Waals surface area contributed by atoms with E-state index < -0.39 is 0 Å². The van der Waals surface area contributed by atoms with Gasteiger partial charge in [0.05, 0.1) is 18.7 Å². The first kappa shape index (κ1) is 18.9. The van der Waals surface area contributed by atoms with Crippen LogP contribution in [0.25, 0.3) is 0 Å². The molecule has 2 N–H and O–H groups in total. The lowest BCUT2D eigenvalue weighted by atomic mass is 10.0. The predicted molar refractivity (Wildman–Crippen MR) is 111 cm³/mol. The molecular formula is C20H24N2O2S2. The number of rotatable bonds is 4. The Morgan fingerprint density at radius 2 is 2.08 bits per heavy atom. The fraction of sp³-hybridized carbons (Fsp3) is 0.400. The van der Waals surface area contributed by atoms with Gasteiger partial charge in [0.2, 0.25) is 0 Å². The van der Waals surface area contributed by atoms with Gasteiger partial charge in [0.15, 0.2) is 5.11 Å². The molecule has 1 atom stereocenters. The second-order valence-electron chi connectivity index (χ2n) is 6.73. The molecule has 1 unspecified atom stereocenters. The maximum Gasteiger partial charge on any atom is 0.341 e. The Morgan fingerprint density at radius 3 is 2.77 bits per heavy atom. The lowest BCUT2D eigenvalue weighted by Crippen LogP contribution is -2.31. The largest absolute Gasteiger partial charge is 0.465 e. The topological polar surface area (TPSA) is 50.4 Å². The van der Waals surface area contributed by atoms with Gasteiger partial charge in [0.1, 0.15) is 5.00 Å². The molecule has 0 bridgehead atoms. The van der Waals surface area contributed by atoms with Crippen LogP contribution in [0.5, 0.6) is 0 Å². The van der Waals surface area contributed by atoms with E-state index in [0.717, 1.165) is 29.8 Å². The number of carbonyl (C=O) groups excluding carboxylic acids is 1. The van der Waals surface area contributed by atoms with Gasteiger partial charge in [0, 0.05) is 4.88 Å². The number of benzene rings is 1. The fourth-order valence-corrected chi connectivity index (χ4v) is 5.16. The minimum atomic E-state index is -0.294. The van der Waals surface area contributed by atoms with Crippen LogP contribution < -0.4 is 10.6 Å². The van der Waals surface area contributed by atoms with Gasteiger partial charge in [-0.1, -0.05) is 23.8 Å². The van der Waals surface area contributed by atoms with Crippen LogP contribution in [0.15, 0.2) is 18.2 Å². The molecule has 138 valence electrons. The van der Waals surface area contributed by atoms with E-state index >= 15 is 0 Å². The summed E-state index contributed by atoms with van der Waals surface area (Å²) in [6.45, 7) is 6.28. The van der Waals surface area contributed by atoms with Gasteiger partial charge in [-0.3, -0.25) is 0 Å². The van der Waals surface area contributed by atoms with Crippen LogP contribution in [0.1, 0.15) is 56.9 Å². The van der Waals surface area contributed by atoms with Crippen LogP contribution >= 0.6 is 23.6 Å². The smallest absolute Gasteiger partial charge is 0.341 e. The Morgan fingerprint density at radius 1 is 1.31 bits per heavy atom. The SMILES string of the molecule is COC(=O)c1c(NC(=S)NC(C)c2ccc(C)cc2C)sc2c1CCC2. The molecule has 3 rings (SSSR count). The average Bonchev–Trinajstić information content (AvgIpc) is 3.14. The Labute approximate surface area is 164 Å². The Hall–Kier alpha value is -1.92. The third kappa shape index (κ3) is 3.76. The molecule has 1 aliphatic rings. The zero-order valence-electron chi connectivity index (χ0n) is 15.6. The lowest BCUT2D eigenvalue weighted by molar-refractivity contribution is 0.0601. The first-order chi connectivity index (χ1) is 12.4. The minimum absolute atomic E-state index is 0.0731. The third-order valence-corrected chi connectivity index (χ3v) is 6.20. The van der Waals surface area contributed by atoms with Gasteiger partial charge >= 0.3 is 5.97 Å². The molecule has 0 fully saturated rings. The number of hydrogen-bond donors (Lipinski definition) is 2.